The third-order valence-corrected chi connectivity index (χ3v) is 7.92. The Labute approximate surface area is 193 Å². The first-order chi connectivity index (χ1) is 14.9. The molecule has 1 aromatic heterocycles. The number of anilines is 1. The van der Waals surface area contributed by atoms with Crippen LogP contribution in [0, 0.1) is 11.8 Å². The van der Waals surface area contributed by atoms with Crippen molar-refractivity contribution in [3.8, 4) is 0 Å². The van der Waals surface area contributed by atoms with Crippen molar-refractivity contribution in [2.75, 3.05) is 4.90 Å². The van der Waals surface area contributed by atoms with Crippen LogP contribution < -0.4 is 4.90 Å². The van der Waals surface area contributed by atoms with Gasteiger partial charge in [-0.25, -0.2) is 0 Å². The van der Waals surface area contributed by atoms with Gasteiger partial charge in [0.1, 0.15) is 11.1 Å². The summed E-state index contributed by atoms with van der Waals surface area (Å²) in [6, 6.07) is 9.14. The Balaban J connectivity index is 1.58. The summed E-state index contributed by atoms with van der Waals surface area (Å²) in [5.74, 6) is 0.169. The van der Waals surface area contributed by atoms with E-state index in [0.29, 0.717) is 21.4 Å². The highest BCUT2D eigenvalue weighted by atomic mass is 79.9. The van der Waals surface area contributed by atoms with E-state index in [1.54, 1.807) is 4.90 Å². The Bertz CT molecular complexity index is 1050. The summed E-state index contributed by atoms with van der Waals surface area (Å²) in [6.07, 6.45) is 3.00. The summed E-state index contributed by atoms with van der Waals surface area (Å²) in [5.41, 5.74) is 1.35. The van der Waals surface area contributed by atoms with Gasteiger partial charge in [0.2, 0.25) is 5.13 Å². The van der Waals surface area contributed by atoms with Gasteiger partial charge < -0.3 is 4.74 Å². The molecule has 162 valence electrons. The van der Waals surface area contributed by atoms with E-state index in [4.69, 9.17) is 4.74 Å². The molecule has 0 saturated heterocycles. The molecular formula is C23H24BrN3O3S. The Hall–Kier alpha value is -2.06. The van der Waals surface area contributed by atoms with E-state index in [2.05, 4.69) is 40.0 Å². The maximum Gasteiger partial charge on any atom is 0.296 e. The number of amides is 1. The van der Waals surface area contributed by atoms with Crippen LogP contribution in [0.25, 0.3) is 0 Å². The smallest absolute Gasteiger partial charge is 0.296 e. The molecule has 4 unspecified atom stereocenters. The number of aromatic nitrogens is 2. The quantitative estimate of drug-likeness (QED) is 0.571. The Morgan fingerprint density at radius 1 is 1.19 bits per heavy atom. The van der Waals surface area contributed by atoms with Crippen LogP contribution in [-0.2, 0) is 20.7 Å². The molecule has 1 aliphatic carbocycles. The minimum atomic E-state index is -0.535. The van der Waals surface area contributed by atoms with Crippen molar-refractivity contribution in [3.63, 3.8) is 0 Å². The minimum absolute atomic E-state index is 0.0343. The number of fused-ring (bicyclic) bond motifs is 1. The van der Waals surface area contributed by atoms with E-state index in [9.17, 15) is 9.59 Å². The lowest BCUT2D eigenvalue weighted by Gasteiger charge is -2.37. The van der Waals surface area contributed by atoms with Gasteiger partial charge in [-0.3, -0.25) is 14.5 Å². The first-order valence-corrected chi connectivity index (χ1v) is 12.5. The van der Waals surface area contributed by atoms with Crippen LogP contribution in [0.3, 0.4) is 0 Å². The van der Waals surface area contributed by atoms with Gasteiger partial charge in [-0.2, -0.15) is 0 Å². The molecule has 2 aliphatic heterocycles. The fraction of sp³-hybridized carbons (Fsp3) is 0.478. The van der Waals surface area contributed by atoms with E-state index >= 15 is 0 Å². The number of Topliss-reactive ketones (excluding diaryl/α,β-unsaturated/α-hetero) is 1. The van der Waals surface area contributed by atoms with Gasteiger partial charge in [0.05, 0.1) is 17.5 Å². The average Bonchev–Trinajstić information content (AvgIpc) is 3.31. The standard InChI is InChI=1S/C23H24BrN3O3S/c1-12(2)10-17-25-26-23(31-17)27-19(13-6-4-3-5-7-13)18-20(28)15-11-14(24)8-9-16(15)30-21(18)22(27)29/h3-7,12,14-16,19H,8-11H2,1-2H3. The SMILES string of the molecule is CC(C)Cc1nnc(N2C(=O)C3=C(C(=O)C4CC(Br)CCC4O3)C2c2ccccc2)s1. The molecule has 0 radical (unpaired) electrons. The number of benzene rings is 1. The molecule has 1 fully saturated rings. The molecule has 31 heavy (non-hydrogen) atoms. The van der Waals surface area contributed by atoms with Crippen molar-refractivity contribution in [2.24, 2.45) is 11.8 Å². The number of carbonyl (C=O) groups excluding carboxylic acids is 2. The summed E-state index contributed by atoms with van der Waals surface area (Å²) in [4.78, 5) is 29.1. The third-order valence-electron chi connectivity index (χ3n) is 6.14. The Morgan fingerprint density at radius 3 is 2.71 bits per heavy atom. The van der Waals surface area contributed by atoms with Crippen LogP contribution >= 0.6 is 27.3 Å². The van der Waals surface area contributed by atoms with Crippen LogP contribution in [-0.4, -0.2) is 32.8 Å². The molecule has 5 rings (SSSR count). The summed E-state index contributed by atoms with van der Waals surface area (Å²) in [7, 11) is 0. The second-order valence-electron chi connectivity index (χ2n) is 8.84. The lowest BCUT2D eigenvalue weighted by Crippen LogP contribution is -2.41. The molecule has 1 saturated carbocycles. The van der Waals surface area contributed by atoms with Gasteiger partial charge >= 0.3 is 0 Å². The van der Waals surface area contributed by atoms with Gasteiger partial charge in [-0.1, -0.05) is 71.4 Å². The van der Waals surface area contributed by atoms with Crippen molar-refractivity contribution in [1.29, 1.82) is 0 Å². The first-order valence-electron chi connectivity index (χ1n) is 10.7. The van der Waals surface area contributed by atoms with E-state index in [0.717, 1.165) is 36.3 Å². The fourth-order valence-corrected chi connectivity index (χ4v) is 6.48. The predicted molar refractivity (Wildman–Crippen MR) is 122 cm³/mol. The number of rotatable bonds is 4. The maximum absolute atomic E-state index is 13.7. The molecule has 8 heteroatoms. The minimum Gasteiger partial charge on any atom is -0.483 e. The lowest BCUT2D eigenvalue weighted by molar-refractivity contribution is -0.131. The summed E-state index contributed by atoms with van der Waals surface area (Å²) in [6.45, 7) is 4.25. The van der Waals surface area contributed by atoms with Crippen LogP contribution in [0.15, 0.2) is 41.7 Å². The largest absolute Gasteiger partial charge is 0.483 e. The van der Waals surface area contributed by atoms with Crippen molar-refractivity contribution in [2.45, 2.75) is 56.5 Å². The summed E-state index contributed by atoms with van der Waals surface area (Å²) >= 11 is 5.09. The number of carbonyl (C=O) groups is 2. The second-order valence-corrected chi connectivity index (χ2v) is 11.2. The van der Waals surface area contributed by atoms with Gasteiger partial charge in [0.15, 0.2) is 11.5 Å². The third kappa shape index (κ3) is 3.63. The zero-order valence-corrected chi connectivity index (χ0v) is 19.9. The number of hydrogen-bond acceptors (Lipinski definition) is 6. The molecule has 2 aromatic rings. The number of hydrogen-bond donors (Lipinski definition) is 0. The topological polar surface area (TPSA) is 72.4 Å². The molecular weight excluding hydrogens is 478 g/mol. The van der Waals surface area contributed by atoms with Gasteiger partial charge in [-0.05, 0) is 30.7 Å². The monoisotopic (exact) mass is 501 g/mol. The molecule has 1 amide bonds. The molecule has 6 nitrogen and oxygen atoms in total. The Morgan fingerprint density at radius 2 is 1.97 bits per heavy atom. The van der Waals surface area contributed by atoms with Gasteiger partial charge in [0.25, 0.3) is 5.91 Å². The predicted octanol–water partition coefficient (Wildman–Crippen LogP) is 4.61. The number of halogens is 1. The van der Waals surface area contributed by atoms with Crippen molar-refractivity contribution < 1.29 is 14.3 Å². The molecule has 3 aliphatic rings. The fourth-order valence-electron chi connectivity index (χ4n) is 4.74. The number of ketones is 1. The first kappa shape index (κ1) is 20.8. The van der Waals surface area contributed by atoms with E-state index in [-0.39, 0.29) is 29.5 Å². The van der Waals surface area contributed by atoms with Crippen LogP contribution in [0.1, 0.15) is 49.7 Å². The lowest BCUT2D eigenvalue weighted by atomic mass is 9.77. The highest BCUT2D eigenvalue weighted by Crippen LogP contribution is 2.49. The molecule has 1 aromatic carbocycles. The van der Waals surface area contributed by atoms with E-state index in [1.807, 2.05) is 30.3 Å². The molecule has 0 bridgehead atoms. The number of nitrogens with zero attached hydrogens (tertiary/aromatic N) is 3. The highest BCUT2D eigenvalue weighted by molar-refractivity contribution is 9.09. The Kier molecular flexibility index (Phi) is 5.46. The van der Waals surface area contributed by atoms with E-state index in [1.165, 1.54) is 11.3 Å². The van der Waals surface area contributed by atoms with E-state index < -0.39 is 6.04 Å². The average molecular weight is 502 g/mol. The molecule has 4 atom stereocenters. The van der Waals surface area contributed by atoms with Gasteiger partial charge in [0, 0.05) is 11.2 Å². The van der Waals surface area contributed by atoms with Gasteiger partial charge in [-0.15, -0.1) is 10.2 Å². The van der Waals surface area contributed by atoms with Crippen molar-refractivity contribution in [3.05, 3.63) is 52.2 Å². The number of ether oxygens (including phenoxy) is 1. The van der Waals surface area contributed by atoms with Crippen LogP contribution in [0.5, 0.6) is 0 Å². The van der Waals surface area contributed by atoms with Crippen molar-refractivity contribution >= 4 is 44.1 Å². The molecule has 3 heterocycles. The maximum atomic E-state index is 13.7. The van der Waals surface area contributed by atoms with Crippen LogP contribution in [0.2, 0.25) is 0 Å². The summed E-state index contributed by atoms with van der Waals surface area (Å²) in [5, 5.41) is 10.0. The summed E-state index contributed by atoms with van der Waals surface area (Å²) < 4.78 is 6.22. The normalized spacial score (nSPS) is 28.1. The second kappa shape index (κ2) is 8.13. The van der Waals surface area contributed by atoms with Crippen molar-refractivity contribution in [1.82, 2.24) is 10.2 Å². The zero-order chi connectivity index (χ0) is 21.7. The highest BCUT2D eigenvalue weighted by Gasteiger charge is 2.53. The van der Waals surface area contributed by atoms with Crippen LogP contribution in [0.4, 0.5) is 5.13 Å². The molecule has 0 spiro atoms. The number of alkyl halides is 1. The molecule has 0 N–H and O–H groups in total. The zero-order valence-electron chi connectivity index (χ0n) is 17.5.